The smallest absolute Gasteiger partial charge is 0.0897 e. The highest BCUT2D eigenvalue weighted by Gasteiger charge is 2.11. The predicted molar refractivity (Wildman–Crippen MR) is 63.5 cm³/mol. The summed E-state index contributed by atoms with van der Waals surface area (Å²) in [7, 11) is 3.76. The second-order valence-electron chi connectivity index (χ2n) is 2.32. The molecule has 0 rings (SSSR count). The van der Waals surface area contributed by atoms with Crippen molar-refractivity contribution in [1.82, 2.24) is 9.99 Å². The first-order valence-corrected chi connectivity index (χ1v) is 7.86. The van der Waals surface area contributed by atoms with Crippen molar-refractivity contribution in [2.24, 2.45) is 0 Å². The van der Waals surface area contributed by atoms with Crippen LogP contribution in [0, 0.1) is 0 Å². The monoisotopic (exact) mass is 228 g/mol. The van der Waals surface area contributed by atoms with Gasteiger partial charge < -0.3 is 5.32 Å². The molecular weight excluding hydrogens is 215 g/mol. The van der Waals surface area contributed by atoms with Crippen LogP contribution >= 0.6 is 29.9 Å². The Kier molecular flexibility index (Phi) is 5.14. The molecular formula is C5H13N2PS3. The number of nitrogens with zero attached hydrogens (tertiary/aromatic N) is 1. The predicted octanol–water partition coefficient (Wildman–Crippen LogP) is 1.33. The molecule has 1 N–H and O–H groups in total. The highest BCUT2D eigenvalue weighted by Crippen LogP contribution is 2.49. The summed E-state index contributed by atoms with van der Waals surface area (Å²) in [6.45, 7) is 2.66. The van der Waals surface area contributed by atoms with Crippen molar-refractivity contribution in [3.05, 3.63) is 0 Å². The first-order valence-electron chi connectivity index (χ1n) is 3.10. The molecule has 0 bridgehead atoms. The molecule has 0 saturated heterocycles. The topological polar surface area (TPSA) is 15.3 Å². The maximum atomic E-state index is 5.19. The fourth-order valence-electron chi connectivity index (χ4n) is 0.418. The lowest BCUT2D eigenvalue weighted by molar-refractivity contribution is 0.638. The van der Waals surface area contributed by atoms with Crippen LogP contribution in [0.5, 0.6) is 0 Å². The fraction of sp³-hybridized carbons (Fsp3) is 0.800. The maximum absolute atomic E-state index is 5.19. The summed E-state index contributed by atoms with van der Waals surface area (Å²) < 4.78 is 2.00. The second-order valence-corrected chi connectivity index (χ2v) is 10.5. The summed E-state index contributed by atoms with van der Waals surface area (Å²) in [5.74, 6) is 0. The zero-order valence-electron chi connectivity index (χ0n) is 6.87. The summed E-state index contributed by atoms with van der Waals surface area (Å²) >= 11 is 14.5. The SMILES string of the molecule is CNC(=S)CN(C)P(C)(=S)S. The number of thiocarbonyl (C=S) groups is 1. The Morgan fingerprint density at radius 3 is 2.45 bits per heavy atom. The molecule has 0 aliphatic rings. The fourth-order valence-corrected chi connectivity index (χ4v) is 1.47. The molecule has 0 fully saturated rings. The van der Waals surface area contributed by atoms with Crippen LogP contribution in [0.1, 0.15) is 0 Å². The van der Waals surface area contributed by atoms with Gasteiger partial charge in [0.05, 0.1) is 16.9 Å². The molecule has 0 radical (unpaired) electrons. The molecule has 0 heterocycles. The van der Waals surface area contributed by atoms with Crippen LogP contribution in [0.3, 0.4) is 0 Å². The summed E-state index contributed by atoms with van der Waals surface area (Å²) in [6.07, 6.45) is 0. The van der Waals surface area contributed by atoms with Gasteiger partial charge in [0.25, 0.3) is 0 Å². The van der Waals surface area contributed by atoms with Crippen LogP contribution in [0.15, 0.2) is 0 Å². The van der Waals surface area contributed by atoms with Gasteiger partial charge in [-0.05, 0) is 13.7 Å². The van der Waals surface area contributed by atoms with Crippen molar-refractivity contribution < 1.29 is 0 Å². The van der Waals surface area contributed by atoms with Crippen molar-refractivity contribution in [1.29, 1.82) is 0 Å². The van der Waals surface area contributed by atoms with Gasteiger partial charge in [-0.15, -0.1) is 12.2 Å². The first-order chi connectivity index (χ1) is 4.88. The molecule has 0 saturated carbocycles. The van der Waals surface area contributed by atoms with E-state index < -0.39 is 5.39 Å². The quantitative estimate of drug-likeness (QED) is 0.430. The average molecular weight is 228 g/mol. The Balaban J connectivity index is 3.98. The van der Waals surface area contributed by atoms with Crippen molar-refractivity contribution in [3.63, 3.8) is 0 Å². The Morgan fingerprint density at radius 2 is 2.18 bits per heavy atom. The Hall–Kier alpha value is 0.850. The van der Waals surface area contributed by atoms with E-state index >= 15 is 0 Å². The van der Waals surface area contributed by atoms with E-state index in [4.69, 9.17) is 24.0 Å². The third kappa shape index (κ3) is 5.15. The number of thiol groups is 1. The lowest BCUT2D eigenvalue weighted by Gasteiger charge is -2.23. The minimum Gasteiger partial charge on any atom is -0.382 e. The Labute approximate surface area is 83.9 Å². The second kappa shape index (κ2) is 4.77. The van der Waals surface area contributed by atoms with Gasteiger partial charge in [0.15, 0.2) is 0 Å². The Morgan fingerprint density at radius 1 is 1.73 bits per heavy atom. The molecule has 0 amide bonds. The summed E-state index contributed by atoms with van der Waals surface area (Å²) in [5.41, 5.74) is 0. The molecule has 0 aromatic rings. The lowest BCUT2D eigenvalue weighted by atomic mass is 10.6. The van der Waals surface area contributed by atoms with Crippen molar-refractivity contribution in [2.45, 2.75) is 0 Å². The molecule has 0 spiro atoms. The van der Waals surface area contributed by atoms with Crippen LogP contribution in [0.25, 0.3) is 0 Å². The number of likely N-dealkylation sites (N-methyl/N-ethyl adjacent to an activating group) is 2. The first kappa shape index (κ1) is 11.8. The van der Waals surface area contributed by atoms with Crippen LogP contribution in [-0.2, 0) is 11.8 Å². The van der Waals surface area contributed by atoms with Crippen molar-refractivity contribution in [3.8, 4) is 0 Å². The number of hydrogen-bond acceptors (Lipinski definition) is 2. The van der Waals surface area contributed by atoms with Crippen molar-refractivity contribution in [2.75, 3.05) is 27.3 Å². The Bertz CT molecular complexity index is 188. The highest BCUT2D eigenvalue weighted by molar-refractivity contribution is 8.62. The van der Waals surface area contributed by atoms with Gasteiger partial charge in [-0.1, -0.05) is 24.0 Å². The van der Waals surface area contributed by atoms with Gasteiger partial charge in [-0.3, -0.25) is 4.67 Å². The maximum Gasteiger partial charge on any atom is 0.0897 e. The van der Waals surface area contributed by atoms with Gasteiger partial charge in [-0.2, -0.15) is 0 Å². The van der Waals surface area contributed by atoms with Gasteiger partial charge in [0, 0.05) is 7.05 Å². The van der Waals surface area contributed by atoms with E-state index in [9.17, 15) is 0 Å². The number of hydrogen-bond donors (Lipinski definition) is 2. The van der Waals surface area contributed by atoms with E-state index in [2.05, 4.69) is 17.6 Å². The van der Waals surface area contributed by atoms with Gasteiger partial charge in [0.2, 0.25) is 0 Å². The van der Waals surface area contributed by atoms with Crippen LogP contribution < -0.4 is 5.32 Å². The zero-order valence-corrected chi connectivity index (χ0v) is 10.3. The minimum atomic E-state index is -1.59. The van der Waals surface area contributed by atoms with E-state index in [1.54, 1.807) is 0 Å². The highest BCUT2D eigenvalue weighted by atomic mass is 32.9. The molecule has 0 aliphatic carbocycles. The van der Waals surface area contributed by atoms with E-state index in [0.29, 0.717) is 6.54 Å². The summed E-state index contributed by atoms with van der Waals surface area (Å²) in [4.78, 5) is 0.803. The molecule has 66 valence electrons. The zero-order chi connectivity index (χ0) is 9.07. The molecule has 0 aromatic heterocycles. The normalized spacial score (nSPS) is 16.1. The standard InChI is InChI=1S/C5H13N2PS3/c1-6-5(9)4-7(2)8(3,10)11/h4H2,1-3H3,(H,6,9)(H,10,11). The van der Waals surface area contributed by atoms with E-state index in [1.807, 2.05) is 25.4 Å². The van der Waals surface area contributed by atoms with Gasteiger partial charge >= 0.3 is 0 Å². The molecule has 0 aliphatic heterocycles. The van der Waals surface area contributed by atoms with Crippen LogP contribution in [0.4, 0.5) is 0 Å². The van der Waals surface area contributed by atoms with Gasteiger partial charge in [0.1, 0.15) is 0 Å². The van der Waals surface area contributed by atoms with Crippen molar-refractivity contribution >= 4 is 46.7 Å². The average Bonchev–Trinajstić information content (AvgIpc) is 1.85. The van der Waals surface area contributed by atoms with E-state index in [-0.39, 0.29) is 0 Å². The number of rotatable bonds is 3. The van der Waals surface area contributed by atoms with Crippen LogP contribution in [0.2, 0.25) is 0 Å². The van der Waals surface area contributed by atoms with Crippen LogP contribution in [-0.4, -0.2) is 37.0 Å². The molecule has 2 nitrogen and oxygen atoms in total. The third-order valence-corrected chi connectivity index (χ3v) is 4.78. The van der Waals surface area contributed by atoms with E-state index in [1.165, 1.54) is 0 Å². The molecule has 1 atom stereocenters. The molecule has 0 aromatic carbocycles. The third-order valence-electron chi connectivity index (χ3n) is 1.28. The summed E-state index contributed by atoms with van der Waals surface area (Å²) in [6, 6.07) is 0. The molecule has 6 heteroatoms. The van der Waals surface area contributed by atoms with E-state index in [0.717, 1.165) is 4.99 Å². The minimum absolute atomic E-state index is 0.698. The largest absolute Gasteiger partial charge is 0.382 e. The van der Waals surface area contributed by atoms with Gasteiger partial charge in [-0.25, -0.2) is 0 Å². The summed E-state index contributed by atoms with van der Waals surface area (Å²) in [5, 5.41) is 1.31. The molecule has 11 heavy (non-hydrogen) atoms. The molecule has 1 unspecified atom stereocenters. The number of nitrogens with one attached hydrogen (secondary N) is 1. The lowest BCUT2D eigenvalue weighted by Crippen LogP contribution is -2.28.